The molecular weight excluding hydrogens is 218 g/mol. The largest absolute Gasteiger partial charge is 0.397 e. The summed E-state index contributed by atoms with van der Waals surface area (Å²) in [6, 6.07) is 4.31. The van der Waals surface area contributed by atoms with Crippen LogP contribution in [0.1, 0.15) is 24.1 Å². The van der Waals surface area contributed by atoms with Gasteiger partial charge in [0.1, 0.15) is 5.82 Å². The average Bonchev–Trinajstić information content (AvgIpc) is 2.75. The highest BCUT2D eigenvalue weighted by Crippen LogP contribution is 2.22. The smallest absolute Gasteiger partial charge is 0.129 e. The average molecular weight is 233 g/mol. The highest BCUT2D eigenvalue weighted by molar-refractivity contribution is 7.07. The summed E-state index contributed by atoms with van der Waals surface area (Å²) < 4.78 is 0. The first-order chi connectivity index (χ1) is 7.66. The van der Waals surface area contributed by atoms with E-state index in [1.165, 1.54) is 5.56 Å². The van der Waals surface area contributed by atoms with Gasteiger partial charge in [-0.05, 0) is 47.9 Å². The van der Waals surface area contributed by atoms with Crippen LogP contribution in [0.15, 0.2) is 29.1 Å². The van der Waals surface area contributed by atoms with Gasteiger partial charge in [0, 0.05) is 0 Å². The first-order valence-electron chi connectivity index (χ1n) is 5.17. The third-order valence-electron chi connectivity index (χ3n) is 2.50. The summed E-state index contributed by atoms with van der Waals surface area (Å²) in [4.78, 5) is 4.29. The van der Waals surface area contributed by atoms with Gasteiger partial charge in [-0.2, -0.15) is 11.3 Å². The summed E-state index contributed by atoms with van der Waals surface area (Å²) in [7, 11) is 0. The first kappa shape index (κ1) is 11.0. The normalized spacial score (nSPS) is 12.4. The zero-order chi connectivity index (χ0) is 11.5. The topological polar surface area (TPSA) is 50.9 Å². The van der Waals surface area contributed by atoms with Gasteiger partial charge in [0.25, 0.3) is 0 Å². The summed E-state index contributed by atoms with van der Waals surface area (Å²) in [6.07, 6.45) is 1.68. The van der Waals surface area contributed by atoms with Gasteiger partial charge in [0.2, 0.25) is 0 Å². The number of anilines is 2. The second-order valence-corrected chi connectivity index (χ2v) is 4.64. The Morgan fingerprint density at radius 2 is 2.31 bits per heavy atom. The first-order valence-corrected chi connectivity index (χ1v) is 6.12. The third-order valence-corrected chi connectivity index (χ3v) is 3.20. The lowest BCUT2D eigenvalue weighted by Gasteiger charge is -2.15. The fraction of sp³-hybridized carbons (Fsp3) is 0.250. The number of nitrogens with two attached hydrogens (primary N) is 1. The van der Waals surface area contributed by atoms with Crippen molar-refractivity contribution < 1.29 is 0 Å². The van der Waals surface area contributed by atoms with Crippen molar-refractivity contribution in [3.8, 4) is 0 Å². The molecule has 0 spiro atoms. The van der Waals surface area contributed by atoms with E-state index in [-0.39, 0.29) is 6.04 Å². The van der Waals surface area contributed by atoms with Crippen LogP contribution in [0, 0.1) is 6.92 Å². The summed E-state index contributed by atoms with van der Waals surface area (Å²) in [6.45, 7) is 4.13. The minimum atomic E-state index is 0.265. The molecule has 0 amide bonds. The molecule has 2 rings (SSSR count). The van der Waals surface area contributed by atoms with Crippen LogP contribution in [0.3, 0.4) is 0 Å². The van der Waals surface area contributed by atoms with Gasteiger partial charge in [-0.1, -0.05) is 0 Å². The Kier molecular flexibility index (Phi) is 3.10. The predicted molar refractivity (Wildman–Crippen MR) is 69.7 cm³/mol. The van der Waals surface area contributed by atoms with Crippen molar-refractivity contribution in [1.29, 1.82) is 0 Å². The van der Waals surface area contributed by atoms with Gasteiger partial charge in [0.15, 0.2) is 0 Å². The molecule has 2 heterocycles. The van der Waals surface area contributed by atoms with Crippen LogP contribution < -0.4 is 11.1 Å². The van der Waals surface area contributed by atoms with Crippen molar-refractivity contribution in [2.24, 2.45) is 0 Å². The standard InChI is InChI=1S/C12H15N3S/c1-8-5-11(13)6-14-12(8)15-9(2)10-3-4-16-7-10/h3-7,9H,13H2,1-2H3,(H,14,15). The lowest BCUT2D eigenvalue weighted by Crippen LogP contribution is -2.08. The van der Waals surface area contributed by atoms with Gasteiger partial charge < -0.3 is 11.1 Å². The third kappa shape index (κ3) is 2.33. The minimum absolute atomic E-state index is 0.265. The Hall–Kier alpha value is -1.55. The van der Waals surface area contributed by atoms with E-state index in [0.29, 0.717) is 5.69 Å². The van der Waals surface area contributed by atoms with E-state index >= 15 is 0 Å². The van der Waals surface area contributed by atoms with Gasteiger partial charge in [-0.3, -0.25) is 0 Å². The van der Waals surface area contributed by atoms with Crippen molar-refractivity contribution in [3.63, 3.8) is 0 Å². The molecule has 3 N–H and O–H groups in total. The van der Waals surface area contributed by atoms with Crippen LogP contribution in [0.2, 0.25) is 0 Å². The number of nitrogens with one attached hydrogen (secondary N) is 1. The Bertz CT molecular complexity index is 465. The molecule has 0 saturated carbocycles. The van der Waals surface area contributed by atoms with Crippen molar-refractivity contribution in [2.45, 2.75) is 19.9 Å². The fourth-order valence-electron chi connectivity index (χ4n) is 1.56. The maximum Gasteiger partial charge on any atom is 0.129 e. The number of nitrogen functional groups attached to an aromatic ring is 1. The molecule has 2 aromatic heterocycles. The van der Waals surface area contributed by atoms with E-state index in [9.17, 15) is 0 Å². The van der Waals surface area contributed by atoms with Crippen LogP contribution in [0.25, 0.3) is 0 Å². The molecule has 0 aliphatic heterocycles. The Morgan fingerprint density at radius 3 is 2.94 bits per heavy atom. The summed E-state index contributed by atoms with van der Waals surface area (Å²) in [5.74, 6) is 0.896. The Morgan fingerprint density at radius 1 is 1.50 bits per heavy atom. The summed E-state index contributed by atoms with van der Waals surface area (Å²) in [5.41, 5.74) is 8.72. The SMILES string of the molecule is Cc1cc(N)cnc1NC(C)c1ccsc1. The second kappa shape index (κ2) is 4.53. The van der Waals surface area contributed by atoms with E-state index in [2.05, 4.69) is 34.1 Å². The lowest BCUT2D eigenvalue weighted by molar-refractivity contribution is 0.877. The Balaban J connectivity index is 2.15. The molecular formula is C12H15N3S. The van der Waals surface area contributed by atoms with Gasteiger partial charge in [0.05, 0.1) is 17.9 Å². The molecule has 4 heteroatoms. The van der Waals surface area contributed by atoms with E-state index in [1.54, 1.807) is 17.5 Å². The number of thiophene rings is 1. The molecule has 1 atom stereocenters. The number of aromatic nitrogens is 1. The van der Waals surface area contributed by atoms with Crippen molar-refractivity contribution >= 4 is 22.8 Å². The maximum absolute atomic E-state index is 5.66. The van der Waals surface area contributed by atoms with Crippen LogP contribution in [0.5, 0.6) is 0 Å². The lowest BCUT2D eigenvalue weighted by atomic mass is 10.1. The van der Waals surface area contributed by atoms with E-state index in [4.69, 9.17) is 5.73 Å². The number of pyridine rings is 1. The van der Waals surface area contributed by atoms with Gasteiger partial charge in [-0.25, -0.2) is 4.98 Å². The molecule has 0 saturated heterocycles. The molecule has 0 aliphatic rings. The van der Waals surface area contributed by atoms with E-state index in [0.717, 1.165) is 11.4 Å². The Labute approximate surface area is 99.3 Å². The molecule has 2 aromatic rings. The number of rotatable bonds is 3. The number of aryl methyl sites for hydroxylation is 1. The molecule has 0 fully saturated rings. The molecule has 1 unspecified atom stereocenters. The number of hydrogen-bond donors (Lipinski definition) is 2. The molecule has 0 bridgehead atoms. The molecule has 0 aliphatic carbocycles. The molecule has 3 nitrogen and oxygen atoms in total. The van der Waals surface area contributed by atoms with Crippen molar-refractivity contribution in [3.05, 3.63) is 40.2 Å². The molecule has 84 valence electrons. The highest BCUT2D eigenvalue weighted by Gasteiger charge is 2.08. The molecule has 16 heavy (non-hydrogen) atoms. The van der Waals surface area contributed by atoms with Crippen LogP contribution in [-0.2, 0) is 0 Å². The summed E-state index contributed by atoms with van der Waals surface area (Å²) in [5, 5.41) is 7.60. The van der Waals surface area contributed by atoms with Gasteiger partial charge in [-0.15, -0.1) is 0 Å². The zero-order valence-corrected chi connectivity index (χ0v) is 10.2. The number of nitrogens with zero attached hydrogens (tertiary/aromatic N) is 1. The second-order valence-electron chi connectivity index (χ2n) is 3.86. The maximum atomic E-state index is 5.66. The quantitative estimate of drug-likeness (QED) is 0.856. The van der Waals surface area contributed by atoms with Crippen LogP contribution in [-0.4, -0.2) is 4.98 Å². The summed E-state index contributed by atoms with van der Waals surface area (Å²) >= 11 is 1.70. The van der Waals surface area contributed by atoms with Crippen LogP contribution in [0.4, 0.5) is 11.5 Å². The highest BCUT2D eigenvalue weighted by atomic mass is 32.1. The zero-order valence-electron chi connectivity index (χ0n) is 9.40. The molecule has 0 aromatic carbocycles. The van der Waals surface area contributed by atoms with E-state index in [1.807, 2.05) is 13.0 Å². The van der Waals surface area contributed by atoms with Gasteiger partial charge >= 0.3 is 0 Å². The predicted octanol–water partition coefficient (Wildman–Crippen LogP) is 3.21. The molecule has 0 radical (unpaired) electrons. The van der Waals surface area contributed by atoms with Crippen molar-refractivity contribution in [2.75, 3.05) is 11.1 Å². The minimum Gasteiger partial charge on any atom is -0.397 e. The van der Waals surface area contributed by atoms with Crippen LogP contribution >= 0.6 is 11.3 Å². The van der Waals surface area contributed by atoms with E-state index < -0.39 is 0 Å². The monoisotopic (exact) mass is 233 g/mol. The van der Waals surface area contributed by atoms with Crippen molar-refractivity contribution in [1.82, 2.24) is 4.98 Å². The number of hydrogen-bond acceptors (Lipinski definition) is 4. The fourth-order valence-corrected chi connectivity index (χ4v) is 2.31.